The first-order valence-electron chi connectivity index (χ1n) is 5.58. The zero-order valence-electron chi connectivity index (χ0n) is 10.3. The van der Waals surface area contributed by atoms with Gasteiger partial charge in [-0.3, -0.25) is 20.2 Å². The first-order valence-corrected chi connectivity index (χ1v) is 5.58. The first kappa shape index (κ1) is 13.5. The molecule has 2 rings (SSSR count). The van der Waals surface area contributed by atoms with E-state index in [-0.39, 0.29) is 23.2 Å². The topological polar surface area (TPSA) is 128 Å². The number of benzene rings is 1. The third-order valence-corrected chi connectivity index (χ3v) is 2.64. The maximum absolute atomic E-state index is 11.7. The first-order chi connectivity index (χ1) is 9.47. The van der Waals surface area contributed by atoms with Gasteiger partial charge in [-0.2, -0.15) is 0 Å². The SMILES string of the molecule is CCOC(=O)c1[nH]c2c([N+](=O)[O-])cccc2c1[N+](=O)[O-]. The molecule has 1 aromatic carbocycles. The van der Waals surface area contributed by atoms with E-state index >= 15 is 0 Å². The van der Waals surface area contributed by atoms with Crippen molar-refractivity contribution in [3.8, 4) is 0 Å². The summed E-state index contributed by atoms with van der Waals surface area (Å²) in [5.41, 5.74) is -1.35. The molecular weight excluding hydrogens is 270 g/mol. The van der Waals surface area contributed by atoms with Crippen molar-refractivity contribution in [3.63, 3.8) is 0 Å². The van der Waals surface area contributed by atoms with Gasteiger partial charge in [0.2, 0.25) is 5.69 Å². The average molecular weight is 279 g/mol. The molecule has 9 nitrogen and oxygen atoms in total. The van der Waals surface area contributed by atoms with E-state index in [2.05, 4.69) is 4.98 Å². The molecular formula is C11H9N3O6. The Bertz CT molecular complexity index is 720. The Kier molecular flexibility index (Phi) is 3.34. The smallest absolute Gasteiger partial charge is 0.362 e. The number of nitro benzene ring substituents is 1. The summed E-state index contributed by atoms with van der Waals surface area (Å²) < 4.78 is 4.70. The Balaban J connectivity index is 2.78. The predicted octanol–water partition coefficient (Wildman–Crippen LogP) is 2.16. The molecule has 2 aromatic rings. The summed E-state index contributed by atoms with van der Waals surface area (Å²) in [5, 5.41) is 22.0. The Morgan fingerprint density at radius 2 is 2.00 bits per heavy atom. The summed E-state index contributed by atoms with van der Waals surface area (Å²) in [6.45, 7) is 1.59. The van der Waals surface area contributed by atoms with Crippen molar-refractivity contribution in [1.29, 1.82) is 0 Å². The van der Waals surface area contributed by atoms with Gasteiger partial charge in [-0.05, 0) is 13.0 Å². The molecule has 0 unspecified atom stereocenters. The predicted molar refractivity (Wildman–Crippen MR) is 67.6 cm³/mol. The number of para-hydroxylation sites is 1. The standard InChI is InChI=1S/C11H9N3O6/c1-2-20-11(15)9-10(14(18)19)6-4-3-5-7(13(16)17)8(6)12-9/h3-5,12H,2H2,1H3. The van der Waals surface area contributed by atoms with Crippen LogP contribution >= 0.6 is 0 Å². The number of rotatable bonds is 4. The van der Waals surface area contributed by atoms with Gasteiger partial charge in [0.15, 0.2) is 0 Å². The Hall–Kier alpha value is -2.97. The molecule has 1 heterocycles. The van der Waals surface area contributed by atoms with Crippen LogP contribution < -0.4 is 0 Å². The van der Waals surface area contributed by atoms with Gasteiger partial charge in [0.1, 0.15) is 5.52 Å². The summed E-state index contributed by atoms with van der Waals surface area (Å²) in [6.07, 6.45) is 0. The fraction of sp³-hybridized carbons (Fsp3) is 0.182. The number of H-pyrrole nitrogens is 1. The van der Waals surface area contributed by atoms with Crippen molar-refractivity contribution in [2.75, 3.05) is 6.61 Å². The molecule has 20 heavy (non-hydrogen) atoms. The van der Waals surface area contributed by atoms with E-state index in [0.717, 1.165) is 0 Å². The number of hydrogen-bond donors (Lipinski definition) is 1. The van der Waals surface area contributed by atoms with E-state index in [0.29, 0.717) is 0 Å². The maximum Gasteiger partial charge on any atom is 0.362 e. The second kappa shape index (κ2) is 4.96. The zero-order chi connectivity index (χ0) is 14.9. The Labute approximate surface area is 111 Å². The van der Waals surface area contributed by atoms with Gasteiger partial charge in [-0.1, -0.05) is 6.07 Å². The Morgan fingerprint density at radius 1 is 1.30 bits per heavy atom. The molecule has 0 aliphatic carbocycles. The molecule has 9 heteroatoms. The van der Waals surface area contributed by atoms with E-state index in [1.54, 1.807) is 6.92 Å². The summed E-state index contributed by atoms with van der Waals surface area (Å²) in [4.78, 5) is 34.7. The number of nitro groups is 2. The van der Waals surface area contributed by atoms with Crippen LogP contribution in [-0.4, -0.2) is 27.4 Å². The normalized spacial score (nSPS) is 10.4. The van der Waals surface area contributed by atoms with Gasteiger partial charge in [0.05, 0.1) is 21.8 Å². The summed E-state index contributed by atoms with van der Waals surface area (Å²) in [7, 11) is 0. The lowest BCUT2D eigenvalue weighted by Gasteiger charge is -1.97. The minimum Gasteiger partial charge on any atom is -0.461 e. The maximum atomic E-state index is 11.7. The number of carbonyl (C=O) groups is 1. The van der Waals surface area contributed by atoms with E-state index in [1.807, 2.05) is 0 Å². The van der Waals surface area contributed by atoms with E-state index in [4.69, 9.17) is 4.74 Å². The van der Waals surface area contributed by atoms with Crippen LogP contribution in [0.15, 0.2) is 18.2 Å². The number of non-ortho nitro benzene ring substituents is 1. The van der Waals surface area contributed by atoms with Gasteiger partial charge in [0, 0.05) is 6.07 Å². The van der Waals surface area contributed by atoms with Crippen LogP contribution in [0.5, 0.6) is 0 Å². The number of fused-ring (bicyclic) bond motifs is 1. The number of nitrogens with zero attached hydrogens (tertiary/aromatic N) is 2. The number of carbonyl (C=O) groups excluding carboxylic acids is 1. The highest BCUT2D eigenvalue weighted by Gasteiger charge is 2.31. The fourth-order valence-electron chi connectivity index (χ4n) is 1.88. The van der Waals surface area contributed by atoms with Crippen molar-refractivity contribution >= 4 is 28.2 Å². The highest BCUT2D eigenvalue weighted by atomic mass is 16.6. The molecule has 0 radical (unpaired) electrons. The summed E-state index contributed by atoms with van der Waals surface area (Å²) in [5.74, 6) is -0.926. The van der Waals surface area contributed by atoms with E-state index < -0.39 is 27.2 Å². The molecule has 0 amide bonds. The summed E-state index contributed by atoms with van der Waals surface area (Å²) >= 11 is 0. The number of aromatic amines is 1. The van der Waals surface area contributed by atoms with Crippen LogP contribution in [0, 0.1) is 20.2 Å². The average Bonchev–Trinajstić information content (AvgIpc) is 2.77. The largest absolute Gasteiger partial charge is 0.461 e. The fourth-order valence-corrected chi connectivity index (χ4v) is 1.88. The van der Waals surface area contributed by atoms with Crippen molar-refractivity contribution in [2.24, 2.45) is 0 Å². The van der Waals surface area contributed by atoms with Crippen LogP contribution in [0.3, 0.4) is 0 Å². The number of nitrogens with one attached hydrogen (secondary N) is 1. The molecule has 1 aromatic heterocycles. The van der Waals surface area contributed by atoms with E-state index in [1.165, 1.54) is 18.2 Å². The van der Waals surface area contributed by atoms with Crippen LogP contribution in [0.4, 0.5) is 11.4 Å². The zero-order valence-corrected chi connectivity index (χ0v) is 10.3. The monoisotopic (exact) mass is 279 g/mol. The molecule has 104 valence electrons. The van der Waals surface area contributed by atoms with Gasteiger partial charge in [-0.15, -0.1) is 0 Å². The highest BCUT2D eigenvalue weighted by molar-refractivity contribution is 6.05. The van der Waals surface area contributed by atoms with Gasteiger partial charge >= 0.3 is 11.7 Å². The number of hydrogen-bond acceptors (Lipinski definition) is 6. The molecule has 0 aliphatic rings. The third kappa shape index (κ3) is 2.05. The molecule has 0 saturated heterocycles. The lowest BCUT2D eigenvalue weighted by atomic mass is 10.2. The van der Waals surface area contributed by atoms with Crippen molar-refractivity contribution in [2.45, 2.75) is 6.92 Å². The van der Waals surface area contributed by atoms with Gasteiger partial charge < -0.3 is 9.72 Å². The Morgan fingerprint density at radius 3 is 2.55 bits per heavy atom. The summed E-state index contributed by atoms with van der Waals surface area (Å²) in [6, 6.07) is 3.84. The number of aromatic nitrogens is 1. The molecule has 0 fully saturated rings. The quantitative estimate of drug-likeness (QED) is 0.518. The molecule has 0 bridgehead atoms. The van der Waals surface area contributed by atoms with Crippen LogP contribution in [0.25, 0.3) is 10.9 Å². The second-order valence-corrected chi connectivity index (χ2v) is 3.78. The van der Waals surface area contributed by atoms with Crippen molar-refractivity contribution < 1.29 is 19.4 Å². The minimum atomic E-state index is -0.926. The lowest BCUT2D eigenvalue weighted by molar-refractivity contribution is -0.384. The van der Waals surface area contributed by atoms with Crippen LogP contribution in [0.1, 0.15) is 17.4 Å². The molecule has 1 N–H and O–H groups in total. The highest BCUT2D eigenvalue weighted by Crippen LogP contribution is 2.34. The third-order valence-electron chi connectivity index (χ3n) is 2.64. The van der Waals surface area contributed by atoms with Crippen LogP contribution in [-0.2, 0) is 4.74 Å². The lowest BCUT2D eigenvalue weighted by Crippen LogP contribution is -2.07. The van der Waals surface area contributed by atoms with Crippen molar-refractivity contribution in [3.05, 3.63) is 44.1 Å². The van der Waals surface area contributed by atoms with Gasteiger partial charge in [-0.25, -0.2) is 4.79 Å². The number of esters is 1. The molecule has 0 saturated carbocycles. The molecule has 0 atom stereocenters. The minimum absolute atomic E-state index is 0.00717. The molecule has 0 aliphatic heterocycles. The molecule has 0 spiro atoms. The van der Waals surface area contributed by atoms with Gasteiger partial charge in [0.25, 0.3) is 5.69 Å². The van der Waals surface area contributed by atoms with Crippen molar-refractivity contribution in [1.82, 2.24) is 4.98 Å². The number of ether oxygens (including phenoxy) is 1. The van der Waals surface area contributed by atoms with Crippen LogP contribution in [0.2, 0.25) is 0 Å². The van der Waals surface area contributed by atoms with E-state index in [9.17, 15) is 25.0 Å². The second-order valence-electron chi connectivity index (χ2n) is 3.78.